The summed E-state index contributed by atoms with van der Waals surface area (Å²) >= 11 is 0. The van der Waals surface area contributed by atoms with Gasteiger partial charge in [-0.05, 0) is 12.8 Å². The van der Waals surface area contributed by atoms with Crippen LogP contribution in [0, 0.1) is 0 Å². The van der Waals surface area contributed by atoms with Gasteiger partial charge in [0.05, 0.1) is 17.6 Å². The van der Waals surface area contributed by atoms with Gasteiger partial charge in [-0.2, -0.15) is 0 Å². The van der Waals surface area contributed by atoms with E-state index < -0.39 is 10.0 Å². The predicted octanol–water partition coefficient (Wildman–Crippen LogP) is 0.421. The molecule has 2 aliphatic rings. The number of piperidine rings is 1. The van der Waals surface area contributed by atoms with Crippen LogP contribution in [-0.2, 0) is 14.8 Å². The van der Waals surface area contributed by atoms with Crippen LogP contribution in [0.4, 0.5) is 0 Å². The summed E-state index contributed by atoms with van der Waals surface area (Å²) in [7, 11) is -3.23. The lowest BCUT2D eigenvalue weighted by Gasteiger charge is -2.27. The first-order chi connectivity index (χ1) is 8.12. The van der Waals surface area contributed by atoms with Gasteiger partial charge in [-0.15, -0.1) is 0 Å². The molecule has 0 aromatic rings. The molecule has 2 aliphatic heterocycles. The van der Waals surface area contributed by atoms with E-state index >= 15 is 0 Å². The molecule has 98 valence electrons. The third-order valence-electron chi connectivity index (χ3n) is 3.25. The zero-order valence-electron chi connectivity index (χ0n) is 9.71. The molecule has 2 fully saturated rings. The molecule has 2 saturated heterocycles. The Kier molecular flexibility index (Phi) is 4.01. The van der Waals surface area contributed by atoms with Gasteiger partial charge in [-0.1, -0.05) is 5.16 Å². The van der Waals surface area contributed by atoms with E-state index in [2.05, 4.69) is 5.16 Å². The van der Waals surface area contributed by atoms with Crippen molar-refractivity contribution in [2.24, 2.45) is 5.16 Å². The normalized spacial score (nSPS) is 27.3. The first kappa shape index (κ1) is 12.8. The van der Waals surface area contributed by atoms with Crippen molar-refractivity contribution in [3.63, 3.8) is 0 Å². The first-order valence-electron chi connectivity index (χ1n) is 5.91. The lowest BCUT2D eigenvalue weighted by Crippen LogP contribution is -2.42. The highest BCUT2D eigenvalue weighted by atomic mass is 32.2. The minimum atomic E-state index is -3.23. The Bertz CT molecular complexity index is 377. The summed E-state index contributed by atoms with van der Waals surface area (Å²) in [5.41, 5.74) is 0.675. The van der Waals surface area contributed by atoms with Gasteiger partial charge in [0.25, 0.3) is 0 Å². The van der Waals surface area contributed by atoms with Crippen LogP contribution in [0.25, 0.3) is 0 Å². The fourth-order valence-electron chi connectivity index (χ4n) is 2.24. The van der Waals surface area contributed by atoms with Gasteiger partial charge in [-0.3, -0.25) is 0 Å². The minimum absolute atomic E-state index is 0.0819. The summed E-state index contributed by atoms with van der Waals surface area (Å²) < 4.78 is 31.0. The smallest absolute Gasteiger partial charge is 0.216 e. The molecule has 1 atom stereocenters. The average molecular weight is 262 g/mol. The van der Waals surface area contributed by atoms with E-state index in [1.54, 1.807) is 0 Å². The Morgan fingerprint density at radius 3 is 2.65 bits per heavy atom. The van der Waals surface area contributed by atoms with Crippen molar-refractivity contribution in [3.8, 4) is 0 Å². The van der Waals surface area contributed by atoms with Crippen LogP contribution in [0.5, 0.6) is 0 Å². The van der Waals surface area contributed by atoms with E-state index in [0.717, 1.165) is 12.8 Å². The van der Waals surface area contributed by atoms with Crippen molar-refractivity contribution >= 4 is 15.7 Å². The Labute approximate surface area is 101 Å². The number of rotatable bonds is 3. The molecule has 7 heteroatoms. The fourth-order valence-corrected chi connectivity index (χ4v) is 3.92. The maximum atomic E-state index is 12.1. The van der Waals surface area contributed by atoms with Crippen LogP contribution in [-0.4, -0.2) is 55.2 Å². The molecule has 6 nitrogen and oxygen atoms in total. The summed E-state index contributed by atoms with van der Waals surface area (Å²) in [6.07, 6.45) is 2.66. The van der Waals surface area contributed by atoms with E-state index in [0.29, 0.717) is 38.2 Å². The molecule has 1 N–H and O–H groups in total. The SMILES string of the molecule is O=S(=O)(CC1CCCO1)N1CCC(=NO)CC1. The standard InChI is InChI=1S/C10H18N2O4S/c13-11-9-3-5-12(6-4-9)17(14,15)8-10-2-1-7-16-10/h10,13H,1-8H2. The van der Waals surface area contributed by atoms with E-state index in [-0.39, 0.29) is 11.9 Å². The van der Waals surface area contributed by atoms with Gasteiger partial charge < -0.3 is 9.94 Å². The van der Waals surface area contributed by atoms with Crippen molar-refractivity contribution in [1.82, 2.24) is 4.31 Å². The summed E-state index contributed by atoms with van der Waals surface area (Å²) in [6, 6.07) is 0. The van der Waals surface area contributed by atoms with Gasteiger partial charge in [0.2, 0.25) is 10.0 Å². The molecule has 0 saturated carbocycles. The molecule has 1 unspecified atom stereocenters. The van der Waals surface area contributed by atoms with E-state index in [9.17, 15) is 8.42 Å². The highest BCUT2D eigenvalue weighted by molar-refractivity contribution is 7.89. The van der Waals surface area contributed by atoms with E-state index in [1.807, 2.05) is 0 Å². The third kappa shape index (κ3) is 3.17. The van der Waals surface area contributed by atoms with Crippen molar-refractivity contribution in [2.75, 3.05) is 25.4 Å². The summed E-state index contributed by atoms with van der Waals surface area (Å²) in [4.78, 5) is 0. The largest absolute Gasteiger partial charge is 0.411 e. The van der Waals surface area contributed by atoms with Crippen molar-refractivity contribution in [2.45, 2.75) is 31.8 Å². The predicted molar refractivity (Wildman–Crippen MR) is 62.8 cm³/mol. The molecule has 0 aromatic carbocycles. The molecule has 0 aliphatic carbocycles. The van der Waals surface area contributed by atoms with Crippen LogP contribution < -0.4 is 0 Å². The molecule has 0 amide bonds. The van der Waals surface area contributed by atoms with Crippen molar-refractivity contribution in [3.05, 3.63) is 0 Å². The summed E-state index contributed by atoms with van der Waals surface area (Å²) in [5.74, 6) is 0.0819. The Hall–Kier alpha value is -0.660. The molecule has 0 bridgehead atoms. The third-order valence-corrected chi connectivity index (χ3v) is 5.20. The molecule has 2 heterocycles. The zero-order chi connectivity index (χ0) is 12.3. The maximum absolute atomic E-state index is 12.1. The quantitative estimate of drug-likeness (QED) is 0.590. The Morgan fingerprint density at radius 2 is 2.12 bits per heavy atom. The molecular formula is C10H18N2O4S. The van der Waals surface area contributed by atoms with Crippen LogP contribution in [0.2, 0.25) is 0 Å². The molecule has 0 aromatic heterocycles. The van der Waals surface area contributed by atoms with Crippen molar-refractivity contribution in [1.29, 1.82) is 0 Å². The van der Waals surface area contributed by atoms with E-state index in [4.69, 9.17) is 9.94 Å². The lowest BCUT2D eigenvalue weighted by molar-refractivity contribution is 0.126. The van der Waals surface area contributed by atoms with Gasteiger partial charge in [0.15, 0.2) is 0 Å². The molecule has 2 rings (SSSR count). The number of oxime groups is 1. The number of ether oxygens (including phenoxy) is 1. The van der Waals surface area contributed by atoms with Gasteiger partial charge in [0, 0.05) is 32.5 Å². The second-order valence-electron chi connectivity index (χ2n) is 4.48. The first-order valence-corrected chi connectivity index (χ1v) is 7.52. The highest BCUT2D eigenvalue weighted by Gasteiger charge is 2.30. The zero-order valence-corrected chi connectivity index (χ0v) is 10.5. The van der Waals surface area contributed by atoms with Gasteiger partial charge >= 0.3 is 0 Å². The number of nitrogens with zero attached hydrogens (tertiary/aromatic N) is 2. The highest BCUT2D eigenvalue weighted by Crippen LogP contribution is 2.18. The van der Waals surface area contributed by atoms with Crippen molar-refractivity contribution < 1.29 is 18.4 Å². The Balaban J connectivity index is 1.92. The number of hydrogen-bond acceptors (Lipinski definition) is 5. The number of sulfonamides is 1. The van der Waals surface area contributed by atoms with Crippen LogP contribution in [0.15, 0.2) is 5.16 Å². The van der Waals surface area contributed by atoms with Crippen LogP contribution >= 0.6 is 0 Å². The second kappa shape index (κ2) is 5.32. The van der Waals surface area contributed by atoms with Gasteiger partial charge in [0.1, 0.15) is 0 Å². The Morgan fingerprint density at radius 1 is 1.41 bits per heavy atom. The fraction of sp³-hybridized carbons (Fsp3) is 0.900. The average Bonchev–Trinajstić information content (AvgIpc) is 2.81. The molecule has 17 heavy (non-hydrogen) atoms. The number of hydrogen-bond donors (Lipinski definition) is 1. The summed E-state index contributed by atoms with van der Waals surface area (Å²) in [6.45, 7) is 1.49. The second-order valence-corrected chi connectivity index (χ2v) is 6.49. The van der Waals surface area contributed by atoms with Crippen LogP contribution in [0.3, 0.4) is 0 Å². The lowest BCUT2D eigenvalue weighted by atomic mass is 10.1. The monoisotopic (exact) mass is 262 g/mol. The molecular weight excluding hydrogens is 244 g/mol. The van der Waals surface area contributed by atoms with E-state index in [1.165, 1.54) is 4.31 Å². The molecule has 0 radical (unpaired) electrons. The van der Waals surface area contributed by atoms with Crippen LogP contribution in [0.1, 0.15) is 25.7 Å². The summed E-state index contributed by atoms with van der Waals surface area (Å²) in [5, 5.41) is 11.7. The molecule has 0 spiro atoms. The minimum Gasteiger partial charge on any atom is -0.411 e. The topological polar surface area (TPSA) is 79.2 Å². The maximum Gasteiger partial charge on any atom is 0.216 e. The van der Waals surface area contributed by atoms with Gasteiger partial charge in [-0.25, -0.2) is 12.7 Å².